The number of hydrogen-bond donors (Lipinski definition) is 12. The van der Waals surface area contributed by atoms with Gasteiger partial charge in [0.2, 0.25) is 29.5 Å². The number of carbonyl (C=O) groups is 9. The van der Waals surface area contributed by atoms with E-state index >= 15 is 0 Å². The van der Waals surface area contributed by atoms with Crippen molar-refractivity contribution in [2.45, 2.75) is 82.8 Å². The molecule has 1 fully saturated rings. The molecule has 0 saturated carbocycles. The first-order valence-electron chi connectivity index (χ1n) is 32.4. The van der Waals surface area contributed by atoms with Gasteiger partial charge < -0.3 is 93.5 Å². The number of ether oxygens (including phenoxy) is 1. The Morgan fingerprint density at radius 3 is 1.68 bits per heavy atom. The standard InChI is InChI=1S/C65H94N16O16.In/c1-2-51(83)68-25-28-73-65(96)77-64(67)72-24-11-17-50(62(94)74-39-44-18-20-47(82)21-19-44)76-63(95)56(45-12-4-3-5-13-45)46-14-10-15-48(38-46)97-37-9-8-23-69-57-58(60(92)59(57)91)70-26-27-71-61(93)49(16-6-7-22-66)75-52(84)40-78-29-31-79(41-53(85)86)33-35-81(43-55(89)90)36-34-80(32-30-78)42-54(87)88;/h3-5,10,12-15,18-21,38,49-50,56,69-70,82H,2,6-9,11,16-17,22-37,39-43,66H2,1H3,(H,68,83)(H,71,93)(H,74,94)(H,75,84)(H,76,95)(H,85,86)(H,87,88)(H,89,90)(H4,67,72,73,77,96);/q;+3/p-3/t49?,50?,56-;/m1./s1. The number of anilines is 2. The number of amides is 7. The molecule has 0 bridgehead atoms. The second kappa shape index (κ2) is 44.8. The summed E-state index contributed by atoms with van der Waals surface area (Å²) in [6.45, 7) is 2.56. The van der Waals surface area contributed by atoms with Crippen molar-refractivity contribution in [3.63, 3.8) is 0 Å². The van der Waals surface area contributed by atoms with Gasteiger partial charge in [-0.3, -0.25) is 63.5 Å². The largest absolute Gasteiger partial charge is 3.00 e. The molecule has 0 aliphatic carbocycles. The molecular weight excluding hydrogens is 1380 g/mol. The van der Waals surface area contributed by atoms with Crippen LogP contribution in [0.15, 0.2) is 93.4 Å². The monoisotopic (exact) mass is 1470 g/mol. The molecule has 4 aromatic rings. The average Bonchev–Trinajstić information content (AvgIpc) is 0.788. The molecule has 14 N–H and O–H groups in total. The van der Waals surface area contributed by atoms with Crippen LogP contribution in [0.1, 0.15) is 80.9 Å². The zero-order valence-electron chi connectivity index (χ0n) is 55.3. The molecule has 1 aliphatic heterocycles. The summed E-state index contributed by atoms with van der Waals surface area (Å²) in [5, 5.41) is 69.4. The van der Waals surface area contributed by atoms with E-state index < -0.39 is 96.1 Å². The molecule has 3 atom stereocenters. The van der Waals surface area contributed by atoms with Gasteiger partial charge in [0.1, 0.15) is 35.0 Å². The number of nitrogens with zero attached hydrogens (tertiary/aromatic N) is 5. The van der Waals surface area contributed by atoms with Crippen LogP contribution in [0.3, 0.4) is 0 Å². The van der Waals surface area contributed by atoms with Crippen LogP contribution in [0.5, 0.6) is 11.5 Å². The number of benzene rings is 3. The summed E-state index contributed by atoms with van der Waals surface area (Å²) in [6.07, 6.45) is 2.98. The molecular formula is C65H91InN16O16. The van der Waals surface area contributed by atoms with Gasteiger partial charge in [-0.15, -0.1) is 0 Å². The molecule has 1 aliphatic rings. The van der Waals surface area contributed by atoms with E-state index in [1.807, 2.05) is 6.07 Å². The SMILES string of the molecule is CCC(=O)NCCNC(=O)NC(N)=NCCCC(NC(=O)[C@H](c1ccccc1)c1cccc(OCCCCNc2c(NCCNC(=O)C(CCCCN)NC(=O)CN3CCN(CC(=O)[O-])CCN(CC(=O)[O-])CCN(CC(=O)[O-])CC3)c(=O)c2=O)c1)C(=O)NCc1ccc(O)cc1.[In+3]. The van der Waals surface area contributed by atoms with Crippen LogP contribution in [0.2, 0.25) is 0 Å². The second-order valence-corrected chi connectivity index (χ2v) is 23.1. The van der Waals surface area contributed by atoms with Gasteiger partial charge in [0.25, 0.3) is 10.9 Å². The number of hydrogen-bond acceptors (Lipinski definition) is 24. The maximum absolute atomic E-state index is 14.5. The van der Waals surface area contributed by atoms with Crippen LogP contribution in [0, 0.1) is 0 Å². The van der Waals surface area contributed by atoms with Gasteiger partial charge in [-0.1, -0.05) is 61.5 Å². The normalized spacial score (nSPS) is 14.5. The molecule has 1 heterocycles. The Kier molecular flexibility index (Phi) is 37.3. The third kappa shape index (κ3) is 30.7. The molecule has 0 spiro atoms. The maximum atomic E-state index is 14.5. The fourth-order valence-corrected chi connectivity index (χ4v) is 10.4. The first kappa shape index (κ1) is 81.5. The number of phenols is 1. The minimum atomic E-state index is -1.36. The number of rotatable bonds is 40. The quantitative estimate of drug-likeness (QED) is 0.00855. The predicted octanol–water partition coefficient (Wildman–Crippen LogP) is -5.65. The van der Waals surface area contributed by atoms with E-state index in [9.17, 15) is 73.2 Å². The Morgan fingerprint density at radius 1 is 0.571 bits per heavy atom. The van der Waals surface area contributed by atoms with Crippen molar-refractivity contribution >= 4 is 96.7 Å². The molecule has 5 rings (SSSR count). The molecule has 33 heteroatoms. The van der Waals surface area contributed by atoms with Gasteiger partial charge in [0, 0.05) is 124 Å². The Hall–Kier alpha value is -8.89. The van der Waals surface area contributed by atoms with Crippen molar-refractivity contribution in [3.8, 4) is 11.5 Å². The maximum Gasteiger partial charge on any atom is 3.00 e. The number of aliphatic imine (C=N–C) groups is 1. The minimum absolute atomic E-state index is 0. The Labute approximate surface area is 587 Å². The van der Waals surface area contributed by atoms with Crippen LogP contribution < -0.4 is 90.2 Å². The number of unbranched alkanes of at least 4 members (excludes halogenated alkanes) is 2. The van der Waals surface area contributed by atoms with Crippen molar-refractivity contribution in [2.75, 3.05) is 142 Å². The molecule has 98 heavy (non-hydrogen) atoms. The number of nitrogens with two attached hydrogens (primary N) is 2. The van der Waals surface area contributed by atoms with Crippen molar-refractivity contribution in [2.24, 2.45) is 16.5 Å². The van der Waals surface area contributed by atoms with Gasteiger partial charge in [0.05, 0.1) is 37.0 Å². The number of urea groups is 1. The first-order valence-corrected chi connectivity index (χ1v) is 32.4. The van der Waals surface area contributed by atoms with E-state index in [0.717, 1.165) is 0 Å². The molecule has 1 saturated heterocycles. The van der Waals surface area contributed by atoms with Crippen molar-refractivity contribution in [1.29, 1.82) is 0 Å². The van der Waals surface area contributed by atoms with Crippen LogP contribution in [-0.2, 0) is 44.9 Å². The van der Waals surface area contributed by atoms with E-state index in [-0.39, 0.29) is 179 Å². The predicted molar refractivity (Wildman–Crippen MR) is 360 cm³/mol. The topological polar surface area (TPSA) is 472 Å². The Balaban J connectivity index is 0.0000204. The third-order valence-corrected chi connectivity index (χ3v) is 15.6. The number of carboxylic acid groups (broad SMARTS) is 3. The van der Waals surface area contributed by atoms with E-state index in [2.05, 4.69) is 52.8 Å². The summed E-state index contributed by atoms with van der Waals surface area (Å²) in [5.41, 5.74) is 12.3. The van der Waals surface area contributed by atoms with E-state index in [0.29, 0.717) is 67.6 Å². The van der Waals surface area contributed by atoms with Crippen LogP contribution >= 0.6 is 0 Å². The van der Waals surface area contributed by atoms with Crippen LogP contribution in [0.4, 0.5) is 16.2 Å². The molecule has 2 unspecified atom stereocenters. The fraction of sp³-hybridized carbons (Fsp3) is 0.508. The van der Waals surface area contributed by atoms with E-state index in [1.54, 1.807) is 82.3 Å². The van der Waals surface area contributed by atoms with Gasteiger partial charge in [-0.25, -0.2) is 4.79 Å². The van der Waals surface area contributed by atoms with Crippen LogP contribution in [0.25, 0.3) is 0 Å². The second-order valence-electron chi connectivity index (χ2n) is 23.1. The summed E-state index contributed by atoms with van der Waals surface area (Å²) in [4.78, 5) is 150. The van der Waals surface area contributed by atoms with Crippen molar-refractivity contribution in [1.82, 2.24) is 56.8 Å². The molecule has 4 aromatic carbocycles. The van der Waals surface area contributed by atoms with E-state index in [4.69, 9.17) is 16.2 Å². The van der Waals surface area contributed by atoms with Gasteiger partial charge in [-0.2, -0.15) is 0 Å². The van der Waals surface area contributed by atoms with Gasteiger partial charge >= 0.3 is 31.9 Å². The first-order chi connectivity index (χ1) is 46.6. The molecule has 0 radical (unpaired) electrons. The molecule has 32 nitrogen and oxygen atoms in total. The summed E-state index contributed by atoms with van der Waals surface area (Å²) in [6, 6.07) is 19.6. The van der Waals surface area contributed by atoms with Gasteiger partial charge in [0.15, 0.2) is 5.96 Å². The van der Waals surface area contributed by atoms with Crippen molar-refractivity contribution < 1.29 is 68.3 Å². The minimum Gasteiger partial charge on any atom is -0.549 e. The molecule has 0 aromatic heterocycles. The number of aromatic hydroxyl groups is 1. The summed E-state index contributed by atoms with van der Waals surface area (Å²) in [7, 11) is 0. The number of carbonyl (C=O) groups excluding carboxylic acids is 9. The molecule has 530 valence electrons. The molecule has 7 amide bonds. The van der Waals surface area contributed by atoms with Crippen LogP contribution in [-0.4, -0.2) is 253 Å². The Morgan fingerprint density at radius 2 is 1.10 bits per heavy atom. The average molecular weight is 1470 g/mol. The number of phenolic OH excluding ortho intramolecular Hbond substituents is 1. The number of guanidine groups is 1. The number of aliphatic carboxylic acids is 3. The number of nitrogens with one attached hydrogen (secondary N) is 9. The smallest absolute Gasteiger partial charge is 0.549 e. The van der Waals surface area contributed by atoms with Crippen molar-refractivity contribution in [3.05, 3.63) is 116 Å². The third-order valence-electron chi connectivity index (χ3n) is 15.6. The Bertz CT molecular complexity index is 3270. The summed E-state index contributed by atoms with van der Waals surface area (Å²) in [5.74, 6) is -6.82. The van der Waals surface area contributed by atoms with Gasteiger partial charge in [-0.05, 0) is 92.4 Å². The zero-order valence-corrected chi connectivity index (χ0v) is 58.6. The number of carboxylic acids is 3. The fourth-order valence-electron chi connectivity index (χ4n) is 10.4. The summed E-state index contributed by atoms with van der Waals surface area (Å²) < 4.78 is 6.14. The summed E-state index contributed by atoms with van der Waals surface area (Å²) >= 11 is 0. The zero-order chi connectivity index (χ0) is 70.5. The van der Waals surface area contributed by atoms with E-state index in [1.165, 1.54) is 17.0 Å².